The molecule has 0 N–H and O–H groups in total. The van der Waals surface area contributed by atoms with Crippen LogP contribution in [-0.2, 0) is 12.8 Å². The fraction of sp³-hybridized carbons (Fsp3) is 0.278. The molecule has 2 heterocycles. The fourth-order valence-corrected chi connectivity index (χ4v) is 2.77. The van der Waals surface area contributed by atoms with Crippen LogP contribution in [0.15, 0.2) is 30.3 Å². The van der Waals surface area contributed by atoms with E-state index < -0.39 is 0 Å². The third-order valence-electron chi connectivity index (χ3n) is 3.81. The van der Waals surface area contributed by atoms with E-state index in [0.717, 1.165) is 46.8 Å². The Morgan fingerprint density at radius 1 is 1.10 bits per heavy atom. The molecular weight excluding hydrogens is 258 g/mol. The summed E-state index contributed by atoms with van der Waals surface area (Å²) < 4.78 is 2.24. The van der Waals surface area contributed by atoms with E-state index in [2.05, 4.69) is 53.7 Å². The molecule has 107 valence electrons. The van der Waals surface area contributed by atoms with Crippen molar-refractivity contribution in [2.45, 2.75) is 33.6 Å². The molecule has 3 aromatic rings. The van der Waals surface area contributed by atoms with Gasteiger partial charge in [-0.05, 0) is 51.0 Å². The lowest BCUT2D eigenvalue weighted by atomic mass is 10.1. The zero-order valence-electron chi connectivity index (χ0n) is 12.8. The maximum atomic E-state index is 4.78. The van der Waals surface area contributed by atoms with E-state index in [1.165, 1.54) is 5.56 Å². The molecule has 0 unspecified atom stereocenters. The van der Waals surface area contributed by atoms with Crippen LogP contribution < -0.4 is 0 Å². The van der Waals surface area contributed by atoms with Crippen molar-refractivity contribution in [3.05, 3.63) is 60.0 Å². The third kappa shape index (κ3) is 2.33. The molecule has 1 radical (unpaired) electrons. The molecule has 0 atom stereocenters. The largest absolute Gasteiger partial charge is 0.296 e. The molecule has 0 saturated carbocycles. The van der Waals surface area contributed by atoms with Gasteiger partial charge in [-0.2, -0.15) is 0 Å². The van der Waals surface area contributed by atoms with E-state index in [1.54, 1.807) is 0 Å². The lowest BCUT2D eigenvalue weighted by Crippen LogP contribution is -2.00. The molecule has 3 rings (SSSR count). The predicted molar refractivity (Wildman–Crippen MR) is 86.8 cm³/mol. The summed E-state index contributed by atoms with van der Waals surface area (Å²) in [6, 6.07) is 10.7. The number of aryl methyl sites for hydroxylation is 3. The van der Waals surface area contributed by atoms with E-state index in [1.807, 2.05) is 13.8 Å². The summed E-state index contributed by atoms with van der Waals surface area (Å²) in [4.78, 5) is 9.31. The quantitative estimate of drug-likeness (QED) is 0.725. The van der Waals surface area contributed by atoms with Crippen LogP contribution in [-0.4, -0.2) is 14.5 Å². The number of hydrogen-bond donors (Lipinski definition) is 0. The van der Waals surface area contributed by atoms with Gasteiger partial charge in [0.2, 0.25) is 0 Å². The summed E-state index contributed by atoms with van der Waals surface area (Å²) >= 11 is 0. The molecule has 0 fully saturated rings. The first-order chi connectivity index (χ1) is 10.1. The molecule has 3 nitrogen and oxygen atoms in total. The van der Waals surface area contributed by atoms with Crippen LogP contribution in [0.5, 0.6) is 0 Å². The number of fused-ring (bicyclic) bond motifs is 1. The SMILES string of the molecule is [CH2]Cc1ccc(-n2c(CC)nc3c(C)nc(C)cc32)cc1. The van der Waals surface area contributed by atoms with Crippen molar-refractivity contribution in [2.24, 2.45) is 0 Å². The average molecular weight is 278 g/mol. The monoisotopic (exact) mass is 278 g/mol. The second kappa shape index (κ2) is 5.32. The minimum atomic E-state index is 0.813. The first kappa shape index (κ1) is 13.8. The van der Waals surface area contributed by atoms with E-state index in [9.17, 15) is 0 Å². The number of pyridine rings is 1. The first-order valence-electron chi connectivity index (χ1n) is 7.38. The molecule has 3 heteroatoms. The Balaban J connectivity index is 2.28. The fourth-order valence-electron chi connectivity index (χ4n) is 2.77. The van der Waals surface area contributed by atoms with Gasteiger partial charge in [-0.25, -0.2) is 4.98 Å². The first-order valence-corrected chi connectivity index (χ1v) is 7.38. The highest BCUT2D eigenvalue weighted by atomic mass is 15.1. The van der Waals surface area contributed by atoms with Gasteiger partial charge >= 0.3 is 0 Å². The van der Waals surface area contributed by atoms with Crippen LogP contribution in [0.2, 0.25) is 0 Å². The smallest absolute Gasteiger partial charge is 0.114 e. The molecule has 1 aromatic carbocycles. The molecule has 0 aliphatic heterocycles. The lowest BCUT2D eigenvalue weighted by molar-refractivity contribution is 0.907. The topological polar surface area (TPSA) is 30.7 Å². The van der Waals surface area contributed by atoms with Gasteiger partial charge in [-0.3, -0.25) is 9.55 Å². The van der Waals surface area contributed by atoms with Gasteiger partial charge in [0, 0.05) is 17.8 Å². The average Bonchev–Trinajstić information content (AvgIpc) is 2.86. The Morgan fingerprint density at radius 3 is 2.43 bits per heavy atom. The van der Waals surface area contributed by atoms with Crippen LogP contribution in [0.25, 0.3) is 16.7 Å². The number of imidazole rings is 1. The Morgan fingerprint density at radius 2 is 1.81 bits per heavy atom. The highest BCUT2D eigenvalue weighted by Gasteiger charge is 2.14. The zero-order valence-corrected chi connectivity index (χ0v) is 12.8. The Kier molecular flexibility index (Phi) is 3.50. The summed E-state index contributed by atoms with van der Waals surface area (Å²) in [5.74, 6) is 1.07. The summed E-state index contributed by atoms with van der Waals surface area (Å²) in [6.07, 6.45) is 1.71. The summed E-state index contributed by atoms with van der Waals surface area (Å²) in [5, 5.41) is 0. The molecule has 0 spiro atoms. The van der Waals surface area contributed by atoms with Crippen molar-refractivity contribution in [3.8, 4) is 5.69 Å². The predicted octanol–water partition coefficient (Wildman–Crippen LogP) is 3.98. The maximum Gasteiger partial charge on any atom is 0.114 e. The summed E-state index contributed by atoms with van der Waals surface area (Å²) in [5.41, 5.74) is 6.55. The van der Waals surface area contributed by atoms with Crippen LogP contribution in [0.4, 0.5) is 0 Å². The number of benzene rings is 1. The normalized spacial score (nSPS) is 11.2. The molecule has 2 aromatic heterocycles. The standard InChI is InChI=1S/C18H20N3/c1-5-14-7-9-15(10-8-14)21-16-11-12(3)19-13(4)18(16)20-17(21)6-2/h7-11H,1,5-6H2,2-4H3. The highest BCUT2D eigenvalue weighted by Crippen LogP contribution is 2.24. The Hall–Kier alpha value is -2.16. The Bertz CT molecular complexity index is 782. The summed E-state index contributed by atoms with van der Waals surface area (Å²) in [6.45, 7) is 10.1. The van der Waals surface area contributed by atoms with Gasteiger partial charge in [-0.15, -0.1) is 0 Å². The summed E-state index contributed by atoms with van der Waals surface area (Å²) in [7, 11) is 0. The van der Waals surface area contributed by atoms with Crippen molar-refractivity contribution in [3.63, 3.8) is 0 Å². The third-order valence-corrected chi connectivity index (χ3v) is 3.81. The van der Waals surface area contributed by atoms with Crippen molar-refractivity contribution < 1.29 is 0 Å². The molecule has 0 bridgehead atoms. The van der Waals surface area contributed by atoms with E-state index >= 15 is 0 Å². The van der Waals surface area contributed by atoms with Crippen molar-refractivity contribution in [1.29, 1.82) is 0 Å². The molecule has 0 aliphatic carbocycles. The van der Waals surface area contributed by atoms with Gasteiger partial charge in [0.05, 0.1) is 11.2 Å². The second-order valence-electron chi connectivity index (χ2n) is 5.35. The van der Waals surface area contributed by atoms with Gasteiger partial charge in [-0.1, -0.05) is 19.1 Å². The highest BCUT2D eigenvalue weighted by molar-refractivity contribution is 5.80. The molecule has 0 saturated heterocycles. The van der Waals surface area contributed by atoms with Crippen molar-refractivity contribution in [2.75, 3.05) is 0 Å². The second-order valence-corrected chi connectivity index (χ2v) is 5.35. The van der Waals surface area contributed by atoms with Crippen molar-refractivity contribution >= 4 is 11.0 Å². The van der Waals surface area contributed by atoms with Crippen molar-refractivity contribution in [1.82, 2.24) is 14.5 Å². The van der Waals surface area contributed by atoms with E-state index in [0.29, 0.717) is 0 Å². The van der Waals surface area contributed by atoms with Crippen LogP contribution in [0, 0.1) is 20.8 Å². The number of hydrogen-bond acceptors (Lipinski definition) is 2. The van der Waals surface area contributed by atoms with Crippen LogP contribution in [0.1, 0.15) is 29.7 Å². The number of aromatic nitrogens is 3. The maximum absolute atomic E-state index is 4.78. The minimum Gasteiger partial charge on any atom is -0.296 e. The van der Waals surface area contributed by atoms with Gasteiger partial charge in [0.15, 0.2) is 0 Å². The number of rotatable bonds is 3. The van der Waals surface area contributed by atoms with Crippen LogP contribution in [0.3, 0.4) is 0 Å². The lowest BCUT2D eigenvalue weighted by Gasteiger charge is -2.09. The van der Waals surface area contributed by atoms with Gasteiger partial charge in [0.25, 0.3) is 0 Å². The van der Waals surface area contributed by atoms with E-state index in [4.69, 9.17) is 4.98 Å². The molecule has 21 heavy (non-hydrogen) atoms. The molecule has 0 amide bonds. The molecule has 0 aliphatic rings. The van der Waals surface area contributed by atoms with Crippen LogP contribution >= 0.6 is 0 Å². The molecular formula is C18H20N3. The number of nitrogens with zero attached hydrogens (tertiary/aromatic N) is 3. The minimum absolute atomic E-state index is 0.813. The van der Waals surface area contributed by atoms with Gasteiger partial charge in [0.1, 0.15) is 11.3 Å². The Labute approximate surface area is 125 Å². The van der Waals surface area contributed by atoms with Gasteiger partial charge < -0.3 is 0 Å². The zero-order chi connectivity index (χ0) is 15.0. The van der Waals surface area contributed by atoms with E-state index in [-0.39, 0.29) is 0 Å².